The van der Waals surface area contributed by atoms with Crippen LogP contribution in [0, 0.1) is 0 Å². The van der Waals surface area contributed by atoms with Gasteiger partial charge in [-0.1, -0.05) is 260 Å². The van der Waals surface area contributed by atoms with Gasteiger partial charge in [-0.05, 0) is 83.5 Å². The van der Waals surface area contributed by atoms with Gasteiger partial charge in [0.1, 0.15) is 13.2 Å². The number of allylic oxidation sites excluding steroid dienone is 14. The second kappa shape index (κ2) is 57.2. The Kier molecular flexibility index (Phi) is 54.3. The van der Waals surface area contributed by atoms with Crippen LogP contribution in [0.1, 0.15) is 278 Å². The van der Waals surface area contributed by atoms with Crippen molar-refractivity contribution in [1.82, 2.24) is 0 Å². The summed E-state index contributed by atoms with van der Waals surface area (Å²) in [5, 5.41) is 0. The Hall–Kier alpha value is -3.41. The summed E-state index contributed by atoms with van der Waals surface area (Å²) in [5.41, 5.74) is 0. The summed E-state index contributed by atoms with van der Waals surface area (Å²) in [6.07, 6.45) is 74.5. The monoisotopic (exact) mass is 961 g/mol. The molecular weight excluding hydrogens is 853 g/mol. The molecule has 0 bridgehead atoms. The van der Waals surface area contributed by atoms with Gasteiger partial charge in [-0.2, -0.15) is 0 Å². The van der Waals surface area contributed by atoms with Crippen molar-refractivity contribution < 1.29 is 28.6 Å². The molecule has 6 nitrogen and oxygen atoms in total. The minimum absolute atomic E-state index is 0.102. The van der Waals surface area contributed by atoms with E-state index >= 15 is 0 Å². The number of hydrogen-bond donors (Lipinski definition) is 0. The lowest BCUT2D eigenvalue weighted by molar-refractivity contribution is -0.166. The molecule has 69 heavy (non-hydrogen) atoms. The van der Waals surface area contributed by atoms with Gasteiger partial charge in [-0.3, -0.25) is 14.4 Å². The average Bonchev–Trinajstić information content (AvgIpc) is 3.35. The Morgan fingerprint density at radius 2 is 0.594 bits per heavy atom. The van der Waals surface area contributed by atoms with Gasteiger partial charge in [-0.25, -0.2) is 0 Å². The second-order valence-electron chi connectivity index (χ2n) is 19.2. The number of ether oxygens (including phenoxy) is 3. The highest BCUT2D eigenvalue weighted by atomic mass is 16.6. The van der Waals surface area contributed by atoms with Crippen LogP contribution in [-0.2, 0) is 28.6 Å². The van der Waals surface area contributed by atoms with Crippen LogP contribution >= 0.6 is 0 Å². The van der Waals surface area contributed by atoms with Crippen molar-refractivity contribution in [3.05, 3.63) is 85.1 Å². The lowest BCUT2D eigenvalue weighted by Gasteiger charge is -2.18. The molecule has 0 saturated carbocycles. The Bertz CT molecular complexity index is 1330. The largest absolute Gasteiger partial charge is 0.462 e. The first-order chi connectivity index (χ1) is 34.0. The van der Waals surface area contributed by atoms with E-state index in [0.29, 0.717) is 19.3 Å². The number of esters is 3. The highest BCUT2D eigenvalue weighted by molar-refractivity contribution is 5.71. The Morgan fingerprint density at radius 3 is 0.986 bits per heavy atom. The number of hydrogen-bond acceptors (Lipinski definition) is 6. The summed E-state index contributed by atoms with van der Waals surface area (Å²) in [6, 6.07) is 0. The molecule has 0 amide bonds. The zero-order valence-corrected chi connectivity index (χ0v) is 45.3. The Balaban J connectivity index is 4.46. The van der Waals surface area contributed by atoms with E-state index in [1.165, 1.54) is 141 Å². The van der Waals surface area contributed by atoms with Gasteiger partial charge in [0.15, 0.2) is 6.10 Å². The highest BCUT2D eigenvalue weighted by Crippen LogP contribution is 2.16. The molecule has 0 spiro atoms. The van der Waals surface area contributed by atoms with Gasteiger partial charge < -0.3 is 14.2 Å². The number of rotatable bonds is 52. The first-order valence-corrected chi connectivity index (χ1v) is 29.1. The van der Waals surface area contributed by atoms with Crippen LogP contribution < -0.4 is 0 Å². The summed E-state index contributed by atoms with van der Waals surface area (Å²) >= 11 is 0. The number of carbonyl (C=O) groups excluding carboxylic acids is 3. The average molecular weight is 962 g/mol. The fourth-order valence-corrected chi connectivity index (χ4v) is 8.05. The van der Waals surface area contributed by atoms with Crippen LogP contribution in [0.4, 0.5) is 0 Å². The SMILES string of the molecule is CC/C=C/C/C=C/C/C=C/C/C=C/C/C=C/C/C=C/CCC(=O)OC[C@@H](COC(=O)CCCCCCC/C=C/CCCCCC)OC(=O)CCCCCCCCCCCCCCCCCCCCC. The van der Waals surface area contributed by atoms with Gasteiger partial charge in [0.25, 0.3) is 0 Å². The molecule has 1 atom stereocenters. The first-order valence-electron chi connectivity index (χ1n) is 29.1. The number of unbranched alkanes of at least 4 members (excludes halogenated alkanes) is 27. The summed E-state index contributed by atoms with van der Waals surface area (Å²) in [5.74, 6) is -0.989. The van der Waals surface area contributed by atoms with E-state index in [1.807, 2.05) is 6.08 Å². The molecule has 0 heterocycles. The zero-order chi connectivity index (χ0) is 50.0. The predicted octanol–water partition coefficient (Wildman–Crippen LogP) is 19.5. The molecule has 0 saturated heterocycles. The van der Waals surface area contributed by atoms with E-state index < -0.39 is 6.10 Å². The molecule has 0 unspecified atom stereocenters. The third-order valence-electron chi connectivity index (χ3n) is 12.4. The zero-order valence-electron chi connectivity index (χ0n) is 45.3. The van der Waals surface area contributed by atoms with Crippen LogP contribution in [0.25, 0.3) is 0 Å². The molecule has 6 heteroatoms. The quantitative estimate of drug-likeness (QED) is 0.0262. The molecule has 0 aliphatic rings. The van der Waals surface area contributed by atoms with E-state index in [-0.39, 0.29) is 37.5 Å². The Labute approximate surface area is 426 Å². The summed E-state index contributed by atoms with van der Waals surface area (Å²) in [4.78, 5) is 38.1. The maximum atomic E-state index is 12.9. The fraction of sp³-hybridized carbons (Fsp3) is 0.730. The van der Waals surface area contributed by atoms with Crippen molar-refractivity contribution in [2.45, 2.75) is 284 Å². The maximum Gasteiger partial charge on any atom is 0.306 e. The van der Waals surface area contributed by atoms with E-state index in [9.17, 15) is 14.4 Å². The Morgan fingerprint density at radius 1 is 0.304 bits per heavy atom. The molecular formula is C63H108O6. The summed E-state index contributed by atoms with van der Waals surface area (Å²) in [7, 11) is 0. The van der Waals surface area contributed by atoms with Crippen LogP contribution in [0.3, 0.4) is 0 Å². The molecule has 0 fully saturated rings. The van der Waals surface area contributed by atoms with Gasteiger partial charge >= 0.3 is 17.9 Å². The molecule has 0 aliphatic heterocycles. The van der Waals surface area contributed by atoms with Crippen LogP contribution in [0.15, 0.2) is 85.1 Å². The maximum absolute atomic E-state index is 12.9. The molecule has 0 aromatic carbocycles. The van der Waals surface area contributed by atoms with Crippen molar-refractivity contribution in [3.8, 4) is 0 Å². The van der Waals surface area contributed by atoms with Gasteiger partial charge in [-0.15, -0.1) is 0 Å². The normalized spacial score (nSPS) is 12.7. The van der Waals surface area contributed by atoms with Gasteiger partial charge in [0.2, 0.25) is 0 Å². The standard InChI is InChI=1S/C63H108O6/c1-4-7-10-13-16-19-22-25-27-29-31-33-35-38-41-44-47-50-53-56-62(65)68-59-60(58-67-61(64)55-52-49-46-43-40-37-24-21-18-15-12-9-6-3)69-63(66)57-54-51-48-45-42-39-36-34-32-30-28-26-23-20-17-14-11-8-5-2/h7,10,16,19,21,24-25,27,31,33,38,41,47,50,60H,4-6,8-9,11-15,17-18,20,22-23,26,28-30,32,34-37,39-40,42-46,48-49,51-59H2,1-3H3/b10-7+,19-16+,24-21+,27-25+,33-31+,41-38+,50-47+/t60-/m1/s1. The minimum Gasteiger partial charge on any atom is -0.462 e. The van der Waals surface area contributed by atoms with E-state index in [0.717, 1.165) is 89.9 Å². The highest BCUT2D eigenvalue weighted by Gasteiger charge is 2.19. The van der Waals surface area contributed by atoms with Crippen molar-refractivity contribution in [3.63, 3.8) is 0 Å². The van der Waals surface area contributed by atoms with Crippen molar-refractivity contribution in [2.24, 2.45) is 0 Å². The summed E-state index contributed by atoms with van der Waals surface area (Å²) in [6.45, 7) is 6.46. The van der Waals surface area contributed by atoms with Crippen molar-refractivity contribution >= 4 is 17.9 Å². The third-order valence-corrected chi connectivity index (χ3v) is 12.4. The van der Waals surface area contributed by atoms with Crippen LogP contribution in [-0.4, -0.2) is 37.2 Å². The van der Waals surface area contributed by atoms with Crippen LogP contribution in [0.5, 0.6) is 0 Å². The van der Waals surface area contributed by atoms with E-state index in [4.69, 9.17) is 14.2 Å². The molecule has 0 N–H and O–H groups in total. The lowest BCUT2D eigenvalue weighted by atomic mass is 10.0. The molecule has 0 aliphatic carbocycles. The van der Waals surface area contributed by atoms with Crippen LogP contribution in [0.2, 0.25) is 0 Å². The summed E-state index contributed by atoms with van der Waals surface area (Å²) < 4.78 is 16.8. The fourth-order valence-electron chi connectivity index (χ4n) is 8.05. The third kappa shape index (κ3) is 55.4. The van der Waals surface area contributed by atoms with Crippen molar-refractivity contribution in [2.75, 3.05) is 13.2 Å². The topological polar surface area (TPSA) is 78.9 Å². The molecule has 0 radical (unpaired) electrons. The molecule has 396 valence electrons. The first kappa shape index (κ1) is 65.6. The predicted molar refractivity (Wildman–Crippen MR) is 297 cm³/mol. The van der Waals surface area contributed by atoms with E-state index in [2.05, 4.69) is 99.8 Å². The second-order valence-corrected chi connectivity index (χ2v) is 19.2. The molecule has 0 rings (SSSR count). The van der Waals surface area contributed by atoms with E-state index in [1.54, 1.807) is 0 Å². The van der Waals surface area contributed by atoms with Gasteiger partial charge in [0.05, 0.1) is 0 Å². The van der Waals surface area contributed by atoms with Gasteiger partial charge in [0, 0.05) is 19.3 Å². The lowest BCUT2D eigenvalue weighted by Crippen LogP contribution is -2.30. The molecule has 0 aromatic rings. The number of carbonyl (C=O) groups is 3. The minimum atomic E-state index is -0.809. The molecule has 0 aromatic heterocycles. The van der Waals surface area contributed by atoms with Crippen molar-refractivity contribution in [1.29, 1.82) is 0 Å². The smallest absolute Gasteiger partial charge is 0.306 e.